The molecule has 0 bridgehead atoms. The number of allylic oxidation sites excluding steroid dienone is 2. The van der Waals surface area contributed by atoms with E-state index < -0.39 is 11.7 Å². The van der Waals surface area contributed by atoms with Crippen molar-refractivity contribution in [3.8, 4) is 0 Å². The Kier molecular flexibility index (Phi) is 4.90. The van der Waals surface area contributed by atoms with Crippen molar-refractivity contribution >= 4 is 12.0 Å². The van der Waals surface area contributed by atoms with Crippen LogP contribution < -0.4 is 0 Å². The molecule has 2 rings (SSSR count). The van der Waals surface area contributed by atoms with E-state index in [9.17, 15) is 9.18 Å². The third-order valence-corrected chi connectivity index (χ3v) is 3.18. The lowest BCUT2D eigenvalue weighted by atomic mass is 10.1. The summed E-state index contributed by atoms with van der Waals surface area (Å²) in [5.74, 6) is -1.17. The van der Waals surface area contributed by atoms with Gasteiger partial charge in [0.2, 0.25) is 0 Å². The summed E-state index contributed by atoms with van der Waals surface area (Å²) in [4.78, 5) is 13.4. The predicted molar refractivity (Wildman–Crippen MR) is 75.1 cm³/mol. The quantitative estimate of drug-likeness (QED) is 0.600. The van der Waals surface area contributed by atoms with Crippen LogP contribution in [0.25, 0.3) is 6.08 Å². The summed E-state index contributed by atoms with van der Waals surface area (Å²) < 4.78 is 13.7. The second-order valence-corrected chi connectivity index (χ2v) is 4.64. The molecular formula is C16H18FNO. The van der Waals surface area contributed by atoms with Gasteiger partial charge in [-0.15, -0.1) is 0 Å². The van der Waals surface area contributed by atoms with Gasteiger partial charge in [-0.25, -0.2) is 4.39 Å². The van der Waals surface area contributed by atoms with E-state index in [1.807, 2.05) is 30.3 Å². The zero-order chi connectivity index (χ0) is 13.5. The highest BCUT2D eigenvalue weighted by Crippen LogP contribution is 2.13. The van der Waals surface area contributed by atoms with E-state index in [-0.39, 0.29) is 0 Å². The van der Waals surface area contributed by atoms with Crippen molar-refractivity contribution in [2.45, 2.75) is 19.3 Å². The standard InChI is InChI=1S/C16H18FNO/c17-15(16(19)18-12-5-2-6-13-18)11-7-10-14-8-3-1-4-9-14/h1,3-4,7-11H,2,5-6,12-13H2/b10-7+,15-11-. The first-order valence-corrected chi connectivity index (χ1v) is 6.65. The molecule has 1 saturated heterocycles. The van der Waals surface area contributed by atoms with Crippen molar-refractivity contribution in [1.29, 1.82) is 0 Å². The first kappa shape index (κ1) is 13.5. The van der Waals surface area contributed by atoms with Crippen LogP contribution in [0.2, 0.25) is 0 Å². The number of likely N-dealkylation sites (tertiary alicyclic amines) is 1. The van der Waals surface area contributed by atoms with E-state index >= 15 is 0 Å². The van der Waals surface area contributed by atoms with Crippen LogP contribution in [0.3, 0.4) is 0 Å². The number of carbonyl (C=O) groups excluding carboxylic acids is 1. The molecule has 0 aromatic heterocycles. The molecule has 1 aromatic rings. The van der Waals surface area contributed by atoms with E-state index in [1.54, 1.807) is 17.1 Å². The zero-order valence-electron chi connectivity index (χ0n) is 10.9. The second-order valence-electron chi connectivity index (χ2n) is 4.64. The maximum absolute atomic E-state index is 13.7. The molecule has 0 radical (unpaired) electrons. The van der Waals surface area contributed by atoms with Gasteiger partial charge in [0, 0.05) is 13.1 Å². The summed E-state index contributed by atoms with van der Waals surface area (Å²) in [6.07, 6.45) is 7.67. The highest BCUT2D eigenvalue weighted by Gasteiger charge is 2.19. The molecule has 0 spiro atoms. The molecule has 1 aliphatic rings. The summed E-state index contributed by atoms with van der Waals surface area (Å²) in [5, 5.41) is 0. The lowest BCUT2D eigenvalue weighted by Gasteiger charge is -2.25. The van der Waals surface area contributed by atoms with Gasteiger partial charge in [-0.1, -0.05) is 42.5 Å². The average Bonchev–Trinajstić information content (AvgIpc) is 2.48. The number of hydrogen-bond donors (Lipinski definition) is 0. The molecule has 100 valence electrons. The highest BCUT2D eigenvalue weighted by molar-refractivity contribution is 5.91. The molecule has 19 heavy (non-hydrogen) atoms. The van der Waals surface area contributed by atoms with Crippen molar-refractivity contribution in [2.24, 2.45) is 0 Å². The Morgan fingerprint density at radius 1 is 1.11 bits per heavy atom. The number of nitrogens with zero attached hydrogens (tertiary/aromatic N) is 1. The number of benzene rings is 1. The SMILES string of the molecule is O=C(/C(F)=C/C=C/c1ccccc1)N1CCCCC1. The third-order valence-electron chi connectivity index (χ3n) is 3.18. The van der Waals surface area contributed by atoms with Crippen LogP contribution in [-0.4, -0.2) is 23.9 Å². The molecule has 0 unspecified atom stereocenters. The molecule has 1 amide bonds. The summed E-state index contributed by atoms with van der Waals surface area (Å²) in [6, 6.07) is 9.61. The summed E-state index contributed by atoms with van der Waals surface area (Å²) in [7, 11) is 0. The van der Waals surface area contributed by atoms with E-state index in [4.69, 9.17) is 0 Å². The Bertz CT molecular complexity index is 473. The first-order chi connectivity index (χ1) is 9.27. The molecule has 1 aromatic carbocycles. The number of carbonyl (C=O) groups is 1. The van der Waals surface area contributed by atoms with Crippen molar-refractivity contribution in [1.82, 2.24) is 4.90 Å². The largest absolute Gasteiger partial charge is 0.337 e. The van der Waals surface area contributed by atoms with Crippen LogP contribution in [0, 0.1) is 0 Å². The minimum Gasteiger partial charge on any atom is -0.337 e. The van der Waals surface area contributed by atoms with Crippen molar-refractivity contribution < 1.29 is 9.18 Å². The van der Waals surface area contributed by atoms with Crippen molar-refractivity contribution in [2.75, 3.05) is 13.1 Å². The van der Waals surface area contributed by atoms with Gasteiger partial charge in [-0.2, -0.15) is 0 Å². The molecule has 1 fully saturated rings. The minimum absolute atomic E-state index is 0.489. The fourth-order valence-corrected chi connectivity index (χ4v) is 2.13. The van der Waals surface area contributed by atoms with Crippen LogP contribution in [0.15, 0.2) is 48.3 Å². The van der Waals surface area contributed by atoms with Crippen molar-refractivity contribution in [3.05, 3.63) is 53.9 Å². The minimum atomic E-state index is -0.686. The molecule has 1 aliphatic heterocycles. The Morgan fingerprint density at radius 2 is 1.79 bits per heavy atom. The van der Waals surface area contributed by atoms with E-state index in [0.29, 0.717) is 13.1 Å². The van der Waals surface area contributed by atoms with Crippen LogP contribution in [0.4, 0.5) is 4.39 Å². The van der Waals surface area contributed by atoms with Gasteiger partial charge >= 0.3 is 0 Å². The normalized spacial score (nSPS) is 16.9. The van der Waals surface area contributed by atoms with E-state index in [1.165, 1.54) is 6.08 Å². The lowest BCUT2D eigenvalue weighted by molar-refractivity contribution is -0.129. The summed E-state index contributed by atoms with van der Waals surface area (Å²) in [5.41, 5.74) is 0.983. The van der Waals surface area contributed by atoms with Gasteiger partial charge in [-0.3, -0.25) is 4.79 Å². The molecule has 0 aliphatic carbocycles. The lowest BCUT2D eigenvalue weighted by Crippen LogP contribution is -2.35. The molecule has 2 nitrogen and oxygen atoms in total. The van der Waals surface area contributed by atoms with Gasteiger partial charge in [0.05, 0.1) is 0 Å². The smallest absolute Gasteiger partial charge is 0.282 e. The first-order valence-electron chi connectivity index (χ1n) is 6.65. The Labute approximate surface area is 113 Å². The zero-order valence-corrected chi connectivity index (χ0v) is 10.9. The third kappa shape index (κ3) is 4.05. The second kappa shape index (κ2) is 6.88. The number of piperidine rings is 1. The maximum Gasteiger partial charge on any atom is 0.282 e. The molecular weight excluding hydrogens is 241 g/mol. The predicted octanol–water partition coefficient (Wildman–Crippen LogP) is 3.57. The van der Waals surface area contributed by atoms with Crippen LogP contribution in [0.1, 0.15) is 24.8 Å². The monoisotopic (exact) mass is 259 g/mol. The topological polar surface area (TPSA) is 20.3 Å². The van der Waals surface area contributed by atoms with E-state index in [2.05, 4.69) is 0 Å². The average molecular weight is 259 g/mol. The molecule has 1 heterocycles. The fourth-order valence-electron chi connectivity index (χ4n) is 2.13. The Hall–Kier alpha value is -1.90. The van der Waals surface area contributed by atoms with Crippen LogP contribution in [-0.2, 0) is 4.79 Å². The van der Waals surface area contributed by atoms with Gasteiger partial charge in [0.15, 0.2) is 5.83 Å². The van der Waals surface area contributed by atoms with Gasteiger partial charge < -0.3 is 4.90 Å². The number of amides is 1. The van der Waals surface area contributed by atoms with E-state index in [0.717, 1.165) is 24.8 Å². The van der Waals surface area contributed by atoms with Gasteiger partial charge in [0.25, 0.3) is 5.91 Å². The number of halogens is 1. The fraction of sp³-hybridized carbons (Fsp3) is 0.312. The van der Waals surface area contributed by atoms with Crippen LogP contribution in [0.5, 0.6) is 0 Å². The van der Waals surface area contributed by atoms with Gasteiger partial charge in [0.1, 0.15) is 0 Å². The molecule has 0 N–H and O–H groups in total. The highest BCUT2D eigenvalue weighted by atomic mass is 19.1. The Morgan fingerprint density at radius 3 is 2.47 bits per heavy atom. The summed E-state index contributed by atoms with van der Waals surface area (Å²) in [6.45, 7) is 1.34. The molecule has 0 atom stereocenters. The van der Waals surface area contributed by atoms with Crippen LogP contribution >= 0.6 is 0 Å². The maximum atomic E-state index is 13.7. The van der Waals surface area contributed by atoms with Crippen molar-refractivity contribution in [3.63, 3.8) is 0 Å². The Balaban J connectivity index is 1.94. The summed E-state index contributed by atoms with van der Waals surface area (Å²) >= 11 is 0. The number of hydrogen-bond acceptors (Lipinski definition) is 1. The number of rotatable bonds is 3. The van der Waals surface area contributed by atoms with Gasteiger partial charge in [-0.05, 0) is 30.9 Å². The molecule has 0 saturated carbocycles. The molecule has 3 heteroatoms.